The molecule has 1 amide bonds. The SMILES string of the molecule is NCCCCC(N)C(=O)NCCCSO. The second-order valence-electron chi connectivity index (χ2n) is 3.37. The highest BCUT2D eigenvalue weighted by Crippen LogP contribution is 1.98. The van der Waals surface area contributed by atoms with E-state index in [2.05, 4.69) is 5.32 Å². The van der Waals surface area contributed by atoms with E-state index in [1.165, 1.54) is 0 Å². The Morgan fingerprint density at radius 1 is 1.40 bits per heavy atom. The fourth-order valence-electron chi connectivity index (χ4n) is 1.12. The predicted molar refractivity (Wildman–Crippen MR) is 63.6 cm³/mol. The summed E-state index contributed by atoms with van der Waals surface area (Å²) in [4.78, 5) is 11.4. The molecule has 0 aliphatic carbocycles. The average molecular weight is 235 g/mol. The molecule has 0 saturated heterocycles. The maximum Gasteiger partial charge on any atom is 0.236 e. The van der Waals surface area contributed by atoms with E-state index in [4.69, 9.17) is 16.0 Å². The quantitative estimate of drug-likeness (QED) is 0.337. The van der Waals surface area contributed by atoms with Gasteiger partial charge >= 0.3 is 0 Å². The zero-order chi connectivity index (χ0) is 11.5. The third-order valence-corrected chi connectivity index (χ3v) is 2.49. The molecule has 0 saturated carbocycles. The van der Waals surface area contributed by atoms with Gasteiger partial charge in [0.2, 0.25) is 5.91 Å². The molecule has 0 aromatic heterocycles. The zero-order valence-corrected chi connectivity index (χ0v) is 9.76. The molecule has 1 atom stereocenters. The van der Waals surface area contributed by atoms with Gasteiger partial charge in [-0.25, -0.2) is 0 Å². The van der Waals surface area contributed by atoms with Gasteiger partial charge < -0.3 is 21.3 Å². The van der Waals surface area contributed by atoms with Gasteiger partial charge in [-0.1, -0.05) is 6.42 Å². The van der Waals surface area contributed by atoms with E-state index in [-0.39, 0.29) is 5.91 Å². The summed E-state index contributed by atoms with van der Waals surface area (Å²) in [6.45, 7) is 1.21. The van der Waals surface area contributed by atoms with Crippen LogP contribution >= 0.6 is 12.0 Å². The van der Waals surface area contributed by atoms with Crippen molar-refractivity contribution in [3.05, 3.63) is 0 Å². The molecule has 0 bridgehead atoms. The Morgan fingerprint density at radius 3 is 2.73 bits per heavy atom. The van der Waals surface area contributed by atoms with E-state index >= 15 is 0 Å². The lowest BCUT2D eigenvalue weighted by molar-refractivity contribution is -0.122. The summed E-state index contributed by atoms with van der Waals surface area (Å²) in [7, 11) is 0. The topological polar surface area (TPSA) is 101 Å². The average Bonchev–Trinajstić information content (AvgIpc) is 2.24. The van der Waals surface area contributed by atoms with E-state index in [0.29, 0.717) is 25.3 Å². The summed E-state index contributed by atoms with van der Waals surface area (Å²) in [6, 6.07) is -0.432. The van der Waals surface area contributed by atoms with Gasteiger partial charge in [0, 0.05) is 12.3 Å². The first-order valence-electron chi connectivity index (χ1n) is 5.22. The monoisotopic (exact) mass is 235 g/mol. The fraction of sp³-hybridized carbons (Fsp3) is 0.889. The number of hydrogen-bond acceptors (Lipinski definition) is 5. The largest absolute Gasteiger partial charge is 0.355 e. The highest BCUT2D eigenvalue weighted by atomic mass is 32.2. The maximum absolute atomic E-state index is 11.4. The lowest BCUT2D eigenvalue weighted by Gasteiger charge is -2.11. The molecular formula is C9H21N3O2S. The minimum absolute atomic E-state index is 0.116. The molecular weight excluding hydrogens is 214 g/mol. The molecule has 15 heavy (non-hydrogen) atoms. The number of carbonyl (C=O) groups excluding carboxylic acids is 1. The van der Waals surface area contributed by atoms with Gasteiger partial charge in [-0.2, -0.15) is 0 Å². The fourth-order valence-corrected chi connectivity index (χ4v) is 1.39. The molecule has 0 aliphatic rings. The number of nitrogens with two attached hydrogens (primary N) is 2. The van der Waals surface area contributed by atoms with Gasteiger partial charge in [0.1, 0.15) is 0 Å². The van der Waals surface area contributed by atoms with Gasteiger partial charge in [-0.05, 0) is 37.8 Å². The van der Waals surface area contributed by atoms with E-state index in [9.17, 15) is 4.79 Å². The normalized spacial score (nSPS) is 12.5. The van der Waals surface area contributed by atoms with Crippen molar-refractivity contribution in [2.45, 2.75) is 31.7 Å². The summed E-state index contributed by atoms with van der Waals surface area (Å²) in [5.74, 6) is 0.512. The van der Waals surface area contributed by atoms with E-state index in [1.807, 2.05) is 0 Å². The van der Waals surface area contributed by atoms with Crippen LogP contribution in [-0.4, -0.2) is 35.3 Å². The molecule has 1 unspecified atom stereocenters. The first-order chi connectivity index (χ1) is 7.22. The van der Waals surface area contributed by atoms with Crippen molar-refractivity contribution >= 4 is 17.9 Å². The molecule has 6 N–H and O–H groups in total. The molecule has 0 aliphatic heterocycles. The predicted octanol–water partition coefficient (Wildman–Crippen LogP) is 0.155. The van der Waals surface area contributed by atoms with E-state index < -0.39 is 6.04 Å². The van der Waals surface area contributed by atoms with Crippen molar-refractivity contribution in [1.29, 1.82) is 0 Å². The van der Waals surface area contributed by atoms with Crippen LogP contribution in [0.3, 0.4) is 0 Å². The van der Waals surface area contributed by atoms with Crippen molar-refractivity contribution in [1.82, 2.24) is 5.32 Å². The molecule has 0 radical (unpaired) electrons. The van der Waals surface area contributed by atoms with Gasteiger partial charge in [0.05, 0.1) is 6.04 Å². The first kappa shape index (κ1) is 14.7. The highest BCUT2D eigenvalue weighted by molar-refractivity contribution is 7.93. The second kappa shape index (κ2) is 10.2. The smallest absolute Gasteiger partial charge is 0.236 e. The molecule has 0 heterocycles. The second-order valence-corrected chi connectivity index (χ2v) is 4.04. The standard InChI is InChI=1S/C9H21N3O2S/c10-5-2-1-4-8(11)9(13)12-6-3-7-15-14/h8,14H,1-7,10-11H2,(H,12,13). The zero-order valence-electron chi connectivity index (χ0n) is 8.95. The Bertz CT molecular complexity index is 169. The molecule has 0 aromatic carbocycles. The minimum atomic E-state index is -0.432. The summed E-state index contributed by atoms with van der Waals surface area (Å²) in [5, 5.41) is 2.72. The number of unbranched alkanes of at least 4 members (excludes halogenated alkanes) is 1. The van der Waals surface area contributed by atoms with Crippen molar-refractivity contribution in [2.75, 3.05) is 18.8 Å². The highest BCUT2D eigenvalue weighted by Gasteiger charge is 2.11. The van der Waals surface area contributed by atoms with Gasteiger partial charge in [0.15, 0.2) is 0 Å². The molecule has 5 nitrogen and oxygen atoms in total. The Hall–Kier alpha value is -0.300. The van der Waals surface area contributed by atoms with Crippen LogP contribution in [0.5, 0.6) is 0 Å². The number of nitrogens with one attached hydrogen (secondary N) is 1. The van der Waals surface area contributed by atoms with Crippen molar-refractivity contribution in [2.24, 2.45) is 11.5 Å². The van der Waals surface area contributed by atoms with Crippen LogP contribution in [0.1, 0.15) is 25.7 Å². The van der Waals surface area contributed by atoms with Crippen molar-refractivity contribution < 1.29 is 9.35 Å². The molecule has 90 valence electrons. The van der Waals surface area contributed by atoms with Gasteiger partial charge in [0.25, 0.3) is 0 Å². The molecule has 0 spiro atoms. The van der Waals surface area contributed by atoms with Crippen LogP contribution in [-0.2, 0) is 4.79 Å². The Kier molecular flexibility index (Phi) is 10.0. The number of carbonyl (C=O) groups is 1. The lowest BCUT2D eigenvalue weighted by Crippen LogP contribution is -2.41. The lowest BCUT2D eigenvalue weighted by atomic mass is 10.1. The summed E-state index contributed by atoms with van der Waals surface area (Å²) in [6.07, 6.45) is 3.22. The molecule has 0 rings (SSSR count). The molecule has 6 heteroatoms. The van der Waals surface area contributed by atoms with Crippen LogP contribution in [0, 0.1) is 0 Å². The van der Waals surface area contributed by atoms with Crippen LogP contribution in [0.4, 0.5) is 0 Å². The van der Waals surface area contributed by atoms with Crippen LogP contribution in [0.2, 0.25) is 0 Å². The Balaban J connectivity index is 3.42. The third kappa shape index (κ3) is 8.68. The molecule has 0 aromatic rings. The van der Waals surface area contributed by atoms with E-state index in [1.54, 1.807) is 0 Å². The Morgan fingerprint density at radius 2 is 2.13 bits per heavy atom. The summed E-state index contributed by atoms with van der Waals surface area (Å²) in [5.41, 5.74) is 11.0. The van der Waals surface area contributed by atoms with E-state index in [0.717, 1.165) is 31.3 Å². The maximum atomic E-state index is 11.4. The summed E-state index contributed by atoms with van der Waals surface area (Å²) < 4.78 is 8.45. The number of rotatable bonds is 9. The van der Waals surface area contributed by atoms with Crippen LogP contribution in [0.15, 0.2) is 0 Å². The van der Waals surface area contributed by atoms with Gasteiger partial charge in [-0.3, -0.25) is 4.79 Å². The third-order valence-electron chi connectivity index (χ3n) is 2.02. The van der Waals surface area contributed by atoms with Crippen LogP contribution in [0.25, 0.3) is 0 Å². The first-order valence-corrected chi connectivity index (χ1v) is 6.16. The summed E-state index contributed by atoms with van der Waals surface area (Å²) >= 11 is 0.782. The minimum Gasteiger partial charge on any atom is -0.355 e. The van der Waals surface area contributed by atoms with Crippen LogP contribution < -0.4 is 16.8 Å². The number of amides is 1. The van der Waals surface area contributed by atoms with Crippen molar-refractivity contribution in [3.63, 3.8) is 0 Å². The molecule has 0 fully saturated rings. The Labute approximate surface area is 95.2 Å². The number of hydrogen-bond donors (Lipinski definition) is 4. The van der Waals surface area contributed by atoms with Gasteiger partial charge in [-0.15, -0.1) is 0 Å². The van der Waals surface area contributed by atoms with Crippen molar-refractivity contribution in [3.8, 4) is 0 Å².